The molecule has 1 aromatic rings. The van der Waals surface area contributed by atoms with Crippen LogP contribution < -0.4 is 5.32 Å². The number of morpholine rings is 1. The Morgan fingerprint density at radius 1 is 1.26 bits per heavy atom. The molecular formula is C20H30ClN3O3. The van der Waals surface area contributed by atoms with Crippen LogP contribution in [0.4, 0.5) is 4.79 Å². The van der Waals surface area contributed by atoms with Crippen LogP contribution in [0.25, 0.3) is 0 Å². The standard InChI is InChI=1S/C20H30ClN3O3/c1-15(16-3-5-18(21)6-4-16)23(2)20(25)22-13-19(17-7-10-27-14-17)24-8-11-26-12-9-24/h3-6,15,17,19H,7-14H2,1-2H3,(H,22,25). The first-order chi connectivity index (χ1) is 13.1. The Balaban J connectivity index is 1.58. The van der Waals surface area contributed by atoms with Crippen LogP contribution in [0, 0.1) is 5.92 Å². The van der Waals surface area contributed by atoms with E-state index in [4.69, 9.17) is 21.1 Å². The topological polar surface area (TPSA) is 54.0 Å². The number of ether oxygens (including phenoxy) is 2. The molecule has 2 aliphatic heterocycles. The van der Waals surface area contributed by atoms with Gasteiger partial charge >= 0.3 is 6.03 Å². The highest BCUT2D eigenvalue weighted by Gasteiger charge is 2.32. The lowest BCUT2D eigenvalue weighted by atomic mass is 9.97. The molecule has 2 amide bonds. The van der Waals surface area contributed by atoms with E-state index in [9.17, 15) is 4.79 Å². The molecule has 1 N–H and O–H groups in total. The summed E-state index contributed by atoms with van der Waals surface area (Å²) in [5, 5.41) is 3.84. The molecule has 0 spiro atoms. The van der Waals surface area contributed by atoms with Crippen LogP contribution in [-0.2, 0) is 9.47 Å². The van der Waals surface area contributed by atoms with Crippen molar-refractivity contribution < 1.29 is 14.3 Å². The Morgan fingerprint density at radius 2 is 1.96 bits per heavy atom. The van der Waals surface area contributed by atoms with Crippen molar-refractivity contribution >= 4 is 17.6 Å². The van der Waals surface area contributed by atoms with Gasteiger partial charge in [0.2, 0.25) is 0 Å². The monoisotopic (exact) mass is 395 g/mol. The van der Waals surface area contributed by atoms with Crippen LogP contribution >= 0.6 is 11.6 Å². The number of hydrogen-bond donors (Lipinski definition) is 1. The highest BCUT2D eigenvalue weighted by atomic mass is 35.5. The number of amides is 2. The van der Waals surface area contributed by atoms with Gasteiger partial charge in [-0.3, -0.25) is 4.90 Å². The van der Waals surface area contributed by atoms with E-state index in [0.717, 1.165) is 51.5 Å². The van der Waals surface area contributed by atoms with E-state index in [0.29, 0.717) is 23.5 Å². The second-order valence-corrected chi connectivity index (χ2v) is 7.80. The predicted molar refractivity (Wildman–Crippen MR) is 106 cm³/mol. The molecule has 6 nitrogen and oxygen atoms in total. The van der Waals surface area contributed by atoms with Gasteiger partial charge in [-0.2, -0.15) is 0 Å². The minimum atomic E-state index is -0.0605. The second kappa shape index (κ2) is 9.73. The number of carbonyl (C=O) groups is 1. The average Bonchev–Trinajstić information content (AvgIpc) is 3.23. The molecule has 0 aromatic heterocycles. The number of carbonyl (C=O) groups excluding carboxylic acids is 1. The van der Waals surface area contributed by atoms with E-state index in [2.05, 4.69) is 10.2 Å². The summed E-state index contributed by atoms with van der Waals surface area (Å²) in [6, 6.07) is 7.83. The largest absolute Gasteiger partial charge is 0.381 e. The van der Waals surface area contributed by atoms with Crippen LogP contribution in [0.2, 0.25) is 5.02 Å². The summed E-state index contributed by atoms with van der Waals surface area (Å²) in [6.07, 6.45) is 1.05. The van der Waals surface area contributed by atoms with E-state index >= 15 is 0 Å². The minimum absolute atomic E-state index is 0.0288. The van der Waals surface area contributed by atoms with Gasteiger partial charge in [0, 0.05) is 50.3 Å². The second-order valence-electron chi connectivity index (χ2n) is 7.36. The van der Waals surface area contributed by atoms with Crippen molar-refractivity contribution in [2.24, 2.45) is 5.92 Å². The highest BCUT2D eigenvalue weighted by molar-refractivity contribution is 6.30. The summed E-state index contributed by atoms with van der Waals surface area (Å²) in [4.78, 5) is 16.9. The van der Waals surface area contributed by atoms with Gasteiger partial charge in [0.25, 0.3) is 0 Å². The maximum atomic E-state index is 12.7. The number of hydrogen-bond acceptors (Lipinski definition) is 4. The summed E-state index contributed by atoms with van der Waals surface area (Å²) in [6.45, 7) is 7.57. The average molecular weight is 396 g/mol. The van der Waals surface area contributed by atoms with Gasteiger partial charge in [0.05, 0.1) is 25.9 Å². The molecule has 0 saturated carbocycles. The van der Waals surface area contributed by atoms with Crippen molar-refractivity contribution in [3.63, 3.8) is 0 Å². The van der Waals surface area contributed by atoms with E-state index in [-0.39, 0.29) is 12.1 Å². The Kier molecular flexibility index (Phi) is 7.35. The molecule has 0 bridgehead atoms. The van der Waals surface area contributed by atoms with Gasteiger partial charge in [-0.15, -0.1) is 0 Å². The van der Waals surface area contributed by atoms with E-state index < -0.39 is 0 Å². The maximum Gasteiger partial charge on any atom is 0.317 e. The fourth-order valence-electron chi connectivity index (χ4n) is 3.82. The number of nitrogens with zero attached hydrogens (tertiary/aromatic N) is 2. The summed E-state index contributed by atoms with van der Waals surface area (Å²) in [5.41, 5.74) is 1.06. The zero-order valence-corrected chi connectivity index (χ0v) is 17.0. The third kappa shape index (κ3) is 5.35. The number of rotatable bonds is 6. The number of halogens is 1. The lowest BCUT2D eigenvalue weighted by molar-refractivity contribution is 0.00185. The van der Waals surface area contributed by atoms with Crippen LogP contribution in [-0.4, -0.2) is 75.0 Å². The molecule has 3 rings (SSSR count). The SMILES string of the molecule is CC(c1ccc(Cl)cc1)N(C)C(=O)NCC(C1CCOC1)N1CCOCC1. The molecule has 0 aliphatic carbocycles. The lowest BCUT2D eigenvalue weighted by Crippen LogP contribution is -2.53. The van der Waals surface area contributed by atoms with Crippen LogP contribution in [0.15, 0.2) is 24.3 Å². The van der Waals surface area contributed by atoms with Gasteiger partial charge in [0.15, 0.2) is 0 Å². The number of nitrogens with one attached hydrogen (secondary N) is 1. The number of benzene rings is 1. The fraction of sp³-hybridized carbons (Fsp3) is 0.650. The van der Waals surface area contributed by atoms with E-state index in [1.165, 1.54) is 0 Å². The predicted octanol–water partition coefficient (Wildman–Crippen LogP) is 2.78. The Bertz CT molecular complexity index is 601. The number of urea groups is 1. The molecule has 27 heavy (non-hydrogen) atoms. The molecule has 0 radical (unpaired) electrons. The third-order valence-corrected chi connectivity index (χ3v) is 5.99. The van der Waals surface area contributed by atoms with E-state index in [1.54, 1.807) is 4.90 Å². The third-order valence-electron chi connectivity index (χ3n) is 5.74. The molecule has 7 heteroatoms. The molecule has 2 fully saturated rings. The lowest BCUT2D eigenvalue weighted by Gasteiger charge is -2.38. The Morgan fingerprint density at radius 3 is 2.59 bits per heavy atom. The zero-order chi connectivity index (χ0) is 19.2. The first-order valence-corrected chi connectivity index (χ1v) is 10.1. The van der Waals surface area contributed by atoms with Crippen molar-refractivity contribution in [1.29, 1.82) is 0 Å². The van der Waals surface area contributed by atoms with Gasteiger partial charge < -0.3 is 19.7 Å². The van der Waals surface area contributed by atoms with Crippen LogP contribution in [0.1, 0.15) is 24.9 Å². The molecule has 2 heterocycles. The summed E-state index contributed by atoms with van der Waals surface area (Å²) in [7, 11) is 1.83. The van der Waals surface area contributed by atoms with Crippen LogP contribution in [0.3, 0.4) is 0 Å². The molecule has 3 atom stereocenters. The molecule has 2 aliphatic rings. The molecular weight excluding hydrogens is 366 g/mol. The van der Waals surface area contributed by atoms with Gasteiger partial charge in [-0.25, -0.2) is 4.79 Å². The minimum Gasteiger partial charge on any atom is -0.381 e. The van der Waals surface area contributed by atoms with Crippen molar-refractivity contribution in [2.75, 3.05) is 53.1 Å². The fourth-order valence-corrected chi connectivity index (χ4v) is 3.94. The maximum absolute atomic E-state index is 12.7. The first kappa shape index (κ1) is 20.4. The van der Waals surface area contributed by atoms with Crippen molar-refractivity contribution in [2.45, 2.75) is 25.4 Å². The molecule has 3 unspecified atom stereocenters. The first-order valence-electron chi connectivity index (χ1n) is 9.72. The van der Waals surface area contributed by atoms with Crippen molar-refractivity contribution in [1.82, 2.24) is 15.1 Å². The van der Waals surface area contributed by atoms with Gasteiger partial charge in [0.1, 0.15) is 0 Å². The molecule has 150 valence electrons. The Labute approximate surface area is 166 Å². The smallest absolute Gasteiger partial charge is 0.317 e. The summed E-state index contributed by atoms with van der Waals surface area (Å²) >= 11 is 5.96. The quantitative estimate of drug-likeness (QED) is 0.804. The van der Waals surface area contributed by atoms with Crippen molar-refractivity contribution in [3.05, 3.63) is 34.9 Å². The van der Waals surface area contributed by atoms with Gasteiger partial charge in [-0.05, 0) is 31.0 Å². The molecule has 1 aromatic carbocycles. The zero-order valence-electron chi connectivity index (χ0n) is 16.2. The van der Waals surface area contributed by atoms with Crippen molar-refractivity contribution in [3.8, 4) is 0 Å². The summed E-state index contributed by atoms with van der Waals surface area (Å²) in [5.74, 6) is 0.461. The Hall–Kier alpha value is -1.34. The molecule has 2 saturated heterocycles. The van der Waals surface area contributed by atoms with Crippen LogP contribution in [0.5, 0.6) is 0 Å². The highest BCUT2D eigenvalue weighted by Crippen LogP contribution is 2.23. The summed E-state index contributed by atoms with van der Waals surface area (Å²) < 4.78 is 11.1. The van der Waals surface area contributed by atoms with Gasteiger partial charge in [-0.1, -0.05) is 23.7 Å². The normalized spacial score (nSPS) is 23.0. The van der Waals surface area contributed by atoms with E-state index in [1.807, 2.05) is 38.2 Å².